The smallest absolute Gasteiger partial charge is 0.250 e. The molecule has 2 heterocycles. The van der Waals surface area contributed by atoms with Crippen LogP contribution in [0.2, 0.25) is 0 Å². The molecule has 1 aliphatic heterocycles. The molecule has 0 unspecified atom stereocenters. The van der Waals surface area contributed by atoms with Crippen LogP contribution in [0.15, 0.2) is 52.3 Å². The van der Waals surface area contributed by atoms with Gasteiger partial charge < -0.3 is 9.30 Å². The maximum absolute atomic E-state index is 12.9. The molecule has 0 N–H and O–H groups in total. The van der Waals surface area contributed by atoms with Gasteiger partial charge in [-0.05, 0) is 36.6 Å². The highest BCUT2D eigenvalue weighted by Crippen LogP contribution is 2.20. The standard InChI is InChI=1S/C19H24N2O4S/c1-25-17-8-6-16(7-9-17)14-20-15-18(10-11-19(20)22)26(23,24)21-12-4-2-3-5-13-21/h6-11,15H,2-5,12-14H2,1H3. The van der Waals surface area contributed by atoms with E-state index < -0.39 is 10.0 Å². The van der Waals surface area contributed by atoms with Crippen LogP contribution in [0.3, 0.4) is 0 Å². The molecule has 1 saturated heterocycles. The van der Waals surface area contributed by atoms with E-state index in [9.17, 15) is 13.2 Å². The summed E-state index contributed by atoms with van der Waals surface area (Å²) in [6, 6.07) is 10.1. The van der Waals surface area contributed by atoms with Crippen molar-refractivity contribution < 1.29 is 13.2 Å². The van der Waals surface area contributed by atoms with E-state index in [2.05, 4.69) is 0 Å². The summed E-state index contributed by atoms with van der Waals surface area (Å²) in [7, 11) is -1.98. The van der Waals surface area contributed by atoms with Gasteiger partial charge in [-0.25, -0.2) is 8.42 Å². The molecule has 0 spiro atoms. The Balaban J connectivity index is 1.87. The lowest BCUT2D eigenvalue weighted by Crippen LogP contribution is -2.33. The van der Waals surface area contributed by atoms with Gasteiger partial charge in [-0.1, -0.05) is 25.0 Å². The van der Waals surface area contributed by atoms with Gasteiger partial charge in [0.1, 0.15) is 5.75 Å². The Kier molecular flexibility index (Phi) is 5.78. The fourth-order valence-corrected chi connectivity index (χ4v) is 4.68. The van der Waals surface area contributed by atoms with E-state index in [4.69, 9.17) is 4.74 Å². The van der Waals surface area contributed by atoms with Crippen LogP contribution in [0.4, 0.5) is 0 Å². The van der Waals surface area contributed by atoms with Crippen LogP contribution in [0.5, 0.6) is 5.75 Å². The molecule has 3 rings (SSSR count). The maximum atomic E-state index is 12.9. The number of sulfonamides is 1. The van der Waals surface area contributed by atoms with Crippen LogP contribution < -0.4 is 10.3 Å². The molecule has 1 aromatic carbocycles. The van der Waals surface area contributed by atoms with E-state index in [0.717, 1.165) is 37.0 Å². The third-order valence-corrected chi connectivity index (χ3v) is 6.55. The third-order valence-electron chi connectivity index (χ3n) is 4.67. The molecule has 2 aromatic rings. The van der Waals surface area contributed by atoms with Gasteiger partial charge in [0.2, 0.25) is 10.0 Å². The quantitative estimate of drug-likeness (QED) is 0.804. The van der Waals surface area contributed by atoms with E-state index in [-0.39, 0.29) is 10.5 Å². The van der Waals surface area contributed by atoms with E-state index in [0.29, 0.717) is 19.6 Å². The zero-order chi connectivity index (χ0) is 18.6. The molecule has 0 amide bonds. The Morgan fingerprint density at radius 2 is 1.62 bits per heavy atom. The summed E-state index contributed by atoms with van der Waals surface area (Å²) in [5, 5.41) is 0. The predicted octanol–water partition coefficient (Wildman–Crippen LogP) is 2.47. The van der Waals surface area contributed by atoms with E-state index in [1.807, 2.05) is 24.3 Å². The lowest BCUT2D eigenvalue weighted by molar-refractivity contribution is 0.414. The lowest BCUT2D eigenvalue weighted by atomic mass is 10.2. The lowest BCUT2D eigenvalue weighted by Gasteiger charge is -2.20. The van der Waals surface area contributed by atoms with Crippen molar-refractivity contribution >= 4 is 10.0 Å². The van der Waals surface area contributed by atoms with Crippen molar-refractivity contribution in [2.45, 2.75) is 37.1 Å². The summed E-state index contributed by atoms with van der Waals surface area (Å²) in [5.41, 5.74) is 0.674. The number of nitrogens with zero attached hydrogens (tertiary/aromatic N) is 2. The van der Waals surface area contributed by atoms with Gasteiger partial charge >= 0.3 is 0 Å². The summed E-state index contributed by atoms with van der Waals surface area (Å²) in [6.45, 7) is 1.39. The topological polar surface area (TPSA) is 68.6 Å². The summed E-state index contributed by atoms with van der Waals surface area (Å²) in [4.78, 5) is 12.4. The number of pyridine rings is 1. The van der Waals surface area contributed by atoms with Crippen LogP contribution in [0, 0.1) is 0 Å². The highest BCUT2D eigenvalue weighted by atomic mass is 32.2. The monoisotopic (exact) mass is 376 g/mol. The highest BCUT2D eigenvalue weighted by Gasteiger charge is 2.25. The predicted molar refractivity (Wildman–Crippen MR) is 100 cm³/mol. The van der Waals surface area contributed by atoms with Crippen molar-refractivity contribution in [3.63, 3.8) is 0 Å². The molecule has 1 aromatic heterocycles. The third kappa shape index (κ3) is 4.16. The first kappa shape index (κ1) is 18.7. The average Bonchev–Trinajstić information content (AvgIpc) is 2.94. The van der Waals surface area contributed by atoms with Gasteiger partial charge in [-0.3, -0.25) is 4.79 Å². The van der Waals surface area contributed by atoms with Crippen LogP contribution in [0.1, 0.15) is 31.2 Å². The SMILES string of the molecule is COc1ccc(Cn2cc(S(=O)(=O)N3CCCCCC3)ccc2=O)cc1. The fraction of sp³-hybridized carbons (Fsp3) is 0.421. The minimum absolute atomic E-state index is 0.174. The average molecular weight is 376 g/mol. The minimum Gasteiger partial charge on any atom is -0.497 e. The van der Waals surface area contributed by atoms with Gasteiger partial charge in [0, 0.05) is 25.4 Å². The van der Waals surface area contributed by atoms with Crippen LogP contribution in [-0.2, 0) is 16.6 Å². The van der Waals surface area contributed by atoms with Crippen molar-refractivity contribution in [3.8, 4) is 5.75 Å². The molecular formula is C19H24N2O4S. The van der Waals surface area contributed by atoms with Gasteiger partial charge in [-0.2, -0.15) is 4.31 Å². The van der Waals surface area contributed by atoms with Crippen LogP contribution in [0.25, 0.3) is 0 Å². The molecular weight excluding hydrogens is 352 g/mol. The zero-order valence-electron chi connectivity index (χ0n) is 14.9. The Labute approximate surface area is 154 Å². The van der Waals surface area contributed by atoms with E-state index in [1.54, 1.807) is 7.11 Å². The first-order valence-electron chi connectivity index (χ1n) is 8.84. The number of rotatable bonds is 5. The first-order chi connectivity index (χ1) is 12.5. The van der Waals surface area contributed by atoms with Crippen molar-refractivity contribution in [2.75, 3.05) is 20.2 Å². The molecule has 1 fully saturated rings. The summed E-state index contributed by atoms with van der Waals surface area (Å²) < 4.78 is 34.0. The van der Waals surface area contributed by atoms with Crippen molar-refractivity contribution in [1.29, 1.82) is 0 Å². The molecule has 26 heavy (non-hydrogen) atoms. The van der Waals surface area contributed by atoms with E-state index >= 15 is 0 Å². The second-order valence-corrected chi connectivity index (χ2v) is 8.44. The zero-order valence-corrected chi connectivity index (χ0v) is 15.7. The minimum atomic E-state index is -3.57. The Morgan fingerprint density at radius 1 is 0.962 bits per heavy atom. The van der Waals surface area contributed by atoms with Crippen LogP contribution >= 0.6 is 0 Å². The number of benzene rings is 1. The molecule has 0 atom stereocenters. The number of methoxy groups -OCH3 is 1. The number of hydrogen-bond donors (Lipinski definition) is 0. The molecule has 1 aliphatic rings. The van der Waals surface area contributed by atoms with Crippen molar-refractivity contribution in [3.05, 3.63) is 58.5 Å². The number of aromatic nitrogens is 1. The second-order valence-electron chi connectivity index (χ2n) is 6.50. The second kappa shape index (κ2) is 8.05. The van der Waals surface area contributed by atoms with Gasteiger partial charge in [0.15, 0.2) is 0 Å². The van der Waals surface area contributed by atoms with Gasteiger partial charge in [0.05, 0.1) is 18.6 Å². The normalized spacial score (nSPS) is 16.2. The number of ether oxygens (including phenoxy) is 1. The van der Waals surface area contributed by atoms with Crippen molar-refractivity contribution in [1.82, 2.24) is 8.87 Å². The van der Waals surface area contributed by atoms with Crippen molar-refractivity contribution in [2.24, 2.45) is 0 Å². The molecule has 140 valence electrons. The summed E-state index contributed by atoms with van der Waals surface area (Å²) in [5.74, 6) is 0.735. The Morgan fingerprint density at radius 3 is 2.23 bits per heavy atom. The molecule has 7 heteroatoms. The molecule has 0 bridgehead atoms. The Bertz CT molecular complexity index is 896. The molecule has 6 nitrogen and oxygen atoms in total. The van der Waals surface area contributed by atoms with Crippen LogP contribution in [-0.4, -0.2) is 37.5 Å². The molecule has 0 saturated carbocycles. The first-order valence-corrected chi connectivity index (χ1v) is 10.3. The van der Waals surface area contributed by atoms with Gasteiger partial charge in [0.25, 0.3) is 5.56 Å². The highest BCUT2D eigenvalue weighted by molar-refractivity contribution is 7.89. The Hall–Kier alpha value is -2.12. The summed E-state index contributed by atoms with van der Waals surface area (Å²) >= 11 is 0. The molecule has 0 radical (unpaired) electrons. The summed E-state index contributed by atoms with van der Waals surface area (Å²) in [6.07, 6.45) is 5.33. The van der Waals surface area contributed by atoms with E-state index in [1.165, 1.54) is 27.2 Å². The number of hydrogen-bond acceptors (Lipinski definition) is 4. The largest absolute Gasteiger partial charge is 0.497 e. The maximum Gasteiger partial charge on any atom is 0.250 e. The molecule has 0 aliphatic carbocycles. The van der Waals surface area contributed by atoms with Gasteiger partial charge in [-0.15, -0.1) is 0 Å². The fourth-order valence-electron chi connectivity index (χ4n) is 3.14.